The number of benzene rings is 9. The normalized spacial score (nSPS) is 12.4. The van der Waals surface area contributed by atoms with E-state index in [-0.39, 0.29) is 0 Å². The highest BCUT2D eigenvalue weighted by atomic mass is 15.1. The lowest BCUT2D eigenvalue weighted by Gasteiger charge is -2.27. The van der Waals surface area contributed by atoms with Gasteiger partial charge in [-0.3, -0.25) is 0 Å². The molecule has 0 unspecified atom stereocenters. The van der Waals surface area contributed by atoms with Gasteiger partial charge < -0.3 is 13.9 Å². The topological polar surface area (TPSA) is 12.6 Å². The van der Waals surface area contributed by atoms with Gasteiger partial charge in [-0.1, -0.05) is 140 Å². The number of rotatable bonds is 5. The largest absolute Gasteiger partial charge is 0.310 e. The van der Waals surface area contributed by atoms with E-state index in [1.54, 1.807) is 0 Å². The maximum absolute atomic E-state index is 2.49. The van der Waals surface area contributed by atoms with Gasteiger partial charge in [0.1, 0.15) is 0 Å². The molecule has 1 aliphatic rings. The van der Waals surface area contributed by atoms with E-state index in [9.17, 15) is 0 Å². The fourth-order valence-corrected chi connectivity index (χ4v) is 10.2. The first-order valence-corrected chi connectivity index (χ1v) is 20.2. The van der Waals surface area contributed by atoms with Gasteiger partial charge in [-0.15, -0.1) is 0 Å². The second-order valence-corrected chi connectivity index (χ2v) is 15.7. The second kappa shape index (κ2) is 11.9. The first-order chi connectivity index (χ1) is 28.8. The van der Waals surface area contributed by atoms with Gasteiger partial charge in [-0.2, -0.15) is 0 Å². The minimum atomic E-state index is 0.969. The Kier molecular flexibility index (Phi) is 6.50. The minimum Gasteiger partial charge on any atom is -0.310 e. The van der Waals surface area contributed by atoms with Crippen LogP contribution in [0.25, 0.3) is 87.8 Å². The quantitative estimate of drug-likeness (QED) is 0.171. The molecule has 3 nitrogen and oxygen atoms in total. The summed E-state index contributed by atoms with van der Waals surface area (Å²) in [5, 5.41) is 7.61. The summed E-state index contributed by atoms with van der Waals surface area (Å²) in [6.07, 6.45) is 0.969. The summed E-state index contributed by atoms with van der Waals surface area (Å²) in [7, 11) is 0. The van der Waals surface area contributed by atoms with Gasteiger partial charge in [-0.05, 0) is 94.9 Å². The van der Waals surface area contributed by atoms with Gasteiger partial charge in [0, 0.05) is 54.9 Å². The third-order valence-electron chi connectivity index (χ3n) is 12.7. The molecule has 0 fully saturated rings. The standard InChI is InChI=1S/C55H35N3/c1-2-14-38(15-3-1)57-49-22-9-6-17-43(49)45-21-12-20-42(54(45)57)35-25-28-39(29-26-35)56(40-30-27-37-33-36-13-4-5-16-41(36)48(37)34-40)52-32-31-46-44-18-7-10-23-50(44)58-51-24-11-8-19-47(51)53(52)55(46)58/h1-32,34H,33H2. The van der Waals surface area contributed by atoms with Gasteiger partial charge in [0.25, 0.3) is 0 Å². The summed E-state index contributed by atoms with van der Waals surface area (Å²) < 4.78 is 4.90. The summed E-state index contributed by atoms with van der Waals surface area (Å²) in [4.78, 5) is 2.49. The van der Waals surface area contributed by atoms with Crippen LogP contribution in [0, 0.1) is 0 Å². The molecule has 0 N–H and O–H groups in total. The first-order valence-electron chi connectivity index (χ1n) is 20.2. The Balaban J connectivity index is 1.05. The molecule has 0 spiro atoms. The third-order valence-corrected chi connectivity index (χ3v) is 12.7. The summed E-state index contributed by atoms with van der Waals surface area (Å²) in [5.41, 5.74) is 18.6. The molecule has 13 rings (SSSR count). The summed E-state index contributed by atoms with van der Waals surface area (Å²) in [5.74, 6) is 0. The van der Waals surface area contributed by atoms with E-state index >= 15 is 0 Å². The number of nitrogens with zero attached hydrogens (tertiary/aromatic N) is 3. The van der Waals surface area contributed by atoms with E-state index < -0.39 is 0 Å². The Morgan fingerprint density at radius 3 is 1.81 bits per heavy atom. The van der Waals surface area contributed by atoms with Crippen molar-refractivity contribution in [2.45, 2.75) is 6.42 Å². The van der Waals surface area contributed by atoms with Gasteiger partial charge in [-0.25, -0.2) is 0 Å². The highest BCUT2D eigenvalue weighted by Crippen LogP contribution is 2.49. The number of hydrogen-bond acceptors (Lipinski definition) is 1. The van der Waals surface area contributed by atoms with Crippen LogP contribution in [0.3, 0.4) is 0 Å². The average molecular weight is 738 g/mol. The van der Waals surface area contributed by atoms with Crippen molar-refractivity contribution >= 4 is 77.0 Å². The van der Waals surface area contributed by atoms with Crippen molar-refractivity contribution in [1.82, 2.24) is 8.97 Å². The van der Waals surface area contributed by atoms with Crippen LogP contribution in [-0.4, -0.2) is 8.97 Å². The lowest BCUT2D eigenvalue weighted by Crippen LogP contribution is -2.10. The van der Waals surface area contributed by atoms with Crippen molar-refractivity contribution < 1.29 is 0 Å². The van der Waals surface area contributed by atoms with Crippen molar-refractivity contribution in [2.75, 3.05) is 4.90 Å². The van der Waals surface area contributed by atoms with E-state index in [0.29, 0.717) is 0 Å². The Hall–Kier alpha value is -7.62. The highest BCUT2D eigenvalue weighted by molar-refractivity contribution is 6.27. The van der Waals surface area contributed by atoms with Crippen LogP contribution in [0.1, 0.15) is 11.1 Å². The zero-order valence-electron chi connectivity index (χ0n) is 31.6. The summed E-state index contributed by atoms with van der Waals surface area (Å²) in [6.45, 7) is 0. The fraction of sp³-hybridized carbons (Fsp3) is 0.0182. The van der Waals surface area contributed by atoms with E-state index in [2.05, 4.69) is 214 Å². The Labute approximate surface area is 335 Å². The summed E-state index contributed by atoms with van der Waals surface area (Å²) in [6, 6.07) is 73.9. The zero-order chi connectivity index (χ0) is 37.9. The molecule has 0 atom stereocenters. The van der Waals surface area contributed by atoms with Crippen molar-refractivity contribution in [2.24, 2.45) is 0 Å². The fourth-order valence-electron chi connectivity index (χ4n) is 10.2. The van der Waals surface area contributed by atoms with Crippen molar-refractivity contribution in [3.05, 3.63) is 211 Å². The molecule has 0 saturated carbocycles. The Morgan fingerprint density at radius 2 is 0.983 bits per heavy atom. The van der Waals surface area contributed by atoms with Crippen molar-refractivity contribution in [3.63, 3.8) is 0 Å². The second-order valence-electron chi connectivity index (χ2n) is 15.7. The maximum Gasteiger partial charge on any atom is 0.0641 e. The molecule has 9 aromatic carbocycles. The minimum absolute atomic E-state index is 0.969. The molecule has 0 aliphatic heterocycles. The predicted octanol–water partition coefficient (Wildman–Crippen LogP) is 14.6. The Bertz CT molecular complexity index is 3590. The van der Waals surface area contributed by atoms with E-state index in [1.165, 1.54) is 99.0 Å². The molecular weight excluding hydrogens is 703 g/mol. The number of fused-ring (bicyclic) bond motifs is 12. The molecular formula is C55H35N3. The van der Waals surface area contributed by atoms with E-state index in [1.807, 2.05) is 0 Å². The van der Waals surface area contributed by atoms with Crippen LogP contribution in [0.4, 0.5) is 17.1 Å². The third kappa shape index (κ3) is 4.33. The molecule has 3 aromatic heterocycles. The van der Waals surface area contributed by atoms with Crippen molar-refractivity contribution in [1.29, 1.82) is 0 Å². The van der Waals surface area contributed by atoms with Crippen molar-refractivity contribution in [3.8, 4) is 27.9 Å². The maximum atomic E-state index is 2.49. The first kappa shape index (κ1) is 31.6. The SMILES string of the molecule is c1ccc(-n2c3ccccc3c3cccc(-c4ccc(N(c5ccc6c(c5)-c5ccccc5C6)c5ccc6c7ccccc7n7c8ccccc8c5c67)cc4)c32)cc1. The highest BCUT2D eigenvalue weighted by Gasteiger charge is 2.26. The molecule has 3 heterocycles. The van der Waals surface area contributed by atoms with Crippen LogP contribution in [0.15, 0.2) is 200 Å². The number of hydrogen-bond donors (Lipinski definition) is 0. The van der Waals surface area contributed by atoms with Crippen LogP contribution in [0.5, 0.6) is 0 Å². The van der Waals surface area contributed by atoms with Crippen LogP contribution < -0.4 is 4.90 Å². The van der Waals surface area contributed by atoms with E-state index in [4.69, 9.17) is 0 Å². The molecule has 0 amide bonds. The van der Waals surface area contributed by atoms with Gasteiger partial charge in [0.15, 0.2) is 0 Å². The molecule has 12 aromatic rings. The average Bonchev–Trinajstić information content (AvgIpc) is 4.03. The lowest BCUT2D eigenvalue weighted by molar-refractivity contribution is 1.18. The van der Waals surface area contributed by atoms with E-state index in [0.717, 1.165) is 23.5 Å². The zero-order valence-corrected chi connectivity index (χ0v) is 31.6. The molecule has 270 valence electrons. The van der Waals surface area contributed by atoms with Crippen LogP contribution in [-0.2, 0) is 6.42 Å². The number of aromatic nitrogens is 2. The molecule has 3 heteroatoms. The number of para-hydroxylation sites is 5. The summed E-state index contributed by atoms with van der Waals surface area (Å²) >= 11 is 0. The van der Waals surface area contributed by atoms with Gasteiger partial charge in [0.05, 0.1) is 33.3 Å². The monoisotopic (exact) mass is 737 g/mol. The van der Waals surface area contributed by atoms with Crippen LogP contribution >= 0.6 is 0 Å². The van der Waals surface area contributed by atoms with Gasteiger partial charge in [0.2, 0.25) is 0 Å². The molecule has 0 saturated heterocycles. The molecule has 58 heavy (non-hydrogen) atoms. The predicted molar refractivity (Wildman–Crippen MR) is 244 cm³/mol. The van der Waals surface area contributed by atoms with Crippen LogP contribution in [0.2, 0.25) is 0 Å². The molecule has 0 radical (unpaired) electrons. The number of anilines is 3. The molecule has 0 bridgehead atoms. The Morgan fingerprint density at radius 1 is 0.379 bits per heavy atom. The van der Waals surface area contributed by atoms with Gasteiger partial charge >= 0.3 is 0 Å². The smallest absolute Gasteiger partial charge is 0.0641 e. The molecule has 1 aliphatic carbocycles. The lowest BCUT2D eigenvalue weighted by atomic mass is 10.00.